The van der Waals surface area contributed by atoms with Crippen LogP contribution >= 0.6 is 0 Å². The quantitative estimate of drug-likeness (QED) is 0.711. The lowest BCUT2D eigenvalue weighted by molar-refractivity contribution is 0.420. The van der Waals surface area contributed by atoms with Gasteiger partial charge in [-0.2, -0.15) is 0 Å². The summed E-state index contributed by atoms with van der Waals surface area (Å²) in [5.74, 6) is 1.18. The SMILES string of the molecule is COc1cccc2c(N)ncc(N)c12. The summed E-state index contributed by atoms with van der Waals surface area (Å²) < 4.78 is 5.20. The van der Waals surface area contributed by atoms with Crippen molar-refractivity contribution in [2.45, 2.75) is 0 Å². The van der Waals surface area contributed by atoms with Crippen LogP contribution in [0.15, 0.2) is 24.4 Å². The molecule has 0 aliphatic rings. The maximum Gasteiger partial charge on any atom is 0.131 e. The summed E-state index contributed by atoms with van der Waals surface area (Å²) in [5.41, 5.74) is 12.1. The lowest BCUT2D eigenvalue weighted by atomic mass is 10.1. The highest BCUT2D eigenvalue weighted by Crippen LogP contribution is 2.32. The van der Waals surface area contributed by atoms with Crippen molar-refractivity contribution in [3.8, 4) is 5.75 Å². The van der Waals surface area contributed by atoms with Crippen LogP contribution in [0.25, 0.3) is 10.8 Å². The van der Waals surface area contributed by atoms with Gasteiger partial charge in [-0.25, -0.2) is 4.98 Å². The van der Waals surface area contributed by atoms with Gasteiger partial charge in [0.1, 0.15) is 11.6 Å². The zero-order valence-electron chi connectivity index (χ0n) is 7.82. The first-order valence-electron chi connectivity index (χ1n) is 4.20. The second-order valence-electron chi connectivity index (χ2n) is 2.98. The predicted octanol–water partition coefficient (Wildman–Crippen LogP) is 1.41. The molecule has 0 aliphatic heterocycles. The second kappa shape index (κ2) is 3.06. The lowest BCUT2D eigenvalue weighted by Gasteiger charge is -2.08. The molecule has 4 N–H and O–H groups in total. The summed E-state index contributed by atoms with van der Waals surface area (Å²) in [4.78, 5) is 3.98. The summed E-state index contributed by atoms with van der Waals surface area (Å²) in [7, 11) is 1.60. The number of rotatable bonds is 1. The molecule has 4 nitrogen and oxygen atoms in total. The summed E-state index contributed by atoms with van der Waals surface area (Å²) in [6, 6.07) is 5.58. The van der Waals surface area contributed by atoms with Crippen molar-refractivity contribution in [3.05, 3.63) is 24.4 Å². The van der Waals surface area contributed by atoms with E-state index in [-0.39, 0.29) is 0 Å². The van der Waals surface area contributed by atoms with Crippen LogP contribution in [0.4, 0.5) is 11.5 Å². The third-order valence-electron chi connectivity index (χ3n) is 2.15. The van der Waals surface area contributed by atoms with E-state index >= 15 is 0 Å². The van der Waals surface area contributed by atoms with Crippen LogP contribution in [0.1, 0.15) is 0 Å². The fourth-order valence-electron chi connectivity index (χ4n) is 1.49. The highest BCUT2D eigenvalue weighted by atomic mass is 16.5. The highest BCUT2D eigenvalue weighted by Gasteiger charge is 2.07. The Labute approximate surface area is 81.5 Å². The summed E-state index contributed by atoms with van der Waals surface area (Å²) in [5, 5.41) is 1.65. The Balaban J connectivity index is 2.92. The topological polar surface area (TPSA) is 74.2 Å². The lowest BCUT2D eigenvalue weighted by Crippen LogP contribution is -1.97. The highest BCUT2D eigenvalue weighted by molar-refractivity contribution is 6.02. The van der Waals surface area contributed by atoms with Gasteiger partial charge in [0.15, 0.2) is 0 Å². The maximum absolute atomic E-state index is 5.80. The number of ether oxygens (including phenoxy) is 1. The van der Waals surface area contributed by atoms with E-state index in [1.54, 1.807) is 13.3 Å². The van der Waals surface area contributed by atoms with Crippen molar-refractivity contribution in [2.24, 2.45) is 0 Å². The van der Waals surface area contributed by atoms with Crippen LogP contribution in [-0.2, 0) is 0 Å². The number of methoxy groups -OCH3 is 1. The fraction of sp³-hybridized carbons (Fsp3) is 0.100. The molecule has 1 heterocycles. The number of pyridine rings is 1. The Morgan fingerprint density at radius 2 is 2.07 bits per heavy atom. The van der Waals surface area contributed by atoms with Crippen molar-refractivity contribution in [2.75, 3.05) is 18.6 Å². The molecule has 1 aromatic heterocycles. The van der Waals surface area contributed by atoms with E-state index in [2.05, 4.69) is 4.98 Å². The van der Waals surface area contributed by atoms with Crippen LogP contribution < -0.4 is 16.2 Å². The molecule has 0 radical (unpaired) electrons. The number of hydrogen-bond donors (Lipinski definition) is 2. The second-order valence-corrected chi connectivity index (χ2v) is 2.98. The van der Waals surface area contributed by atoms with E-state index in [9.17, 15) is 0 Å². The zero-order chi connectivity index (χ0) is 10.1. The van der Waals surface area contributed by atoms with E-state index in [0.29, 0.717) is 17.3 Å². The molecular weight excluding hydrogens is 178 g/mol. The minimum atomic E-state index is 0.466. The number of nitrogen functional groups attached to an aromatic ring is 2. The largest absolute Gasteiger partial charge is 0.496 e. The zero-order valence-corrected chi connectivity index (χ0v) is 7.82. The first-order valence-corrected chi connectivity index (χ1v) is 4.20. The normalized spacial score (nSPS) is 10.4. The minimum Gasteiger partial charge on any atom is -0.496 e. The molecule has 0 saturated heterocycles. The van der Waals surface area contributed by atoms with Gasteiger partial charge in [-0.05, 0) is 6.07 Å². The number of hydrogen-bond acceptors (Lipinski definition) is 4. The number of nitrogens with zero attached hydrogens (tertiary/aromatic N) is 1. The van der Waals surface area contributed by atoms with Gasteiger partial charge in [-0.1, -0.05) is 12.1 Å². The monoisotopic (exact) mass is 189 g/mol. The van der Waals surface area contributed by atoms with E-state index in [1.165, 1.54) is 0 Å². The van der Waals surface area contributed by atoms with Crippen LogP contribution in [0.2, 0.25) is 0 Å². The molecule has 0 saturated carbocycles. The molecule has 14 heavy (non-hydrogen) atoms. The Hall–Kier alpha value is -1.97. The molecule has 0 unspecified atom stereocenters. The van der Waals surface area contributed by atoms with Crippen molar-refractivity contribution >= 4 is 22.3 Å². The Morgan fingerprint density at radius 3 is 2.79 bits per heavy atom. The summed E-state index contributed by atoms with van der Waals surface area (Å²) in [6.45, 7) is 0. The van der Waals surface area contributed by atoms with Crippen LogP contribution in [0.3, 0.4) is 0 Å². The molecule has 0 amide bonds. The number of fused-ring (bicyclic) bond motifs is 1. The van der Waals surface area contributed by atoms with Crippen molar-refractivity contribution in [1.82, 2.24) is 4.98 Å². The van der Waals surface area contributed by atoms with E-state index in [0.717, 1.165) is 10.8 Å². The van der Waals surface area contributed by atoms with Crippen molar-refractivity contribution in [3.63, 3.8) is 0 Å². The van der Waals surface area contributed by atoms with Gasteiger partial charge in [-0.15, -0.1) is 0 Å². The van der Waals surface area contributed by atoms with Gasteiger partial charge in [0.05, 0.1) is 24.4 Å². The maximum atomic E-state index is 5.80. The minimum absolute atomic E-state index is 0.466. The third-order valence-corrected chi connectivity index (χ3v) is 2.15. The standard InChI is InChI=1S/C10H11N3O/c1-14-8-4-2-3-6-9(8)7(11)5-13-10(6)12/h2-5H,11H2,1H3,(H2,12,13). The Bertz CT molecular complexity index is 482. The molecule has 72 valence electrons. The molecule has 4 heteroatoms. The first kappa shape index (κ1) is 8.62. The predicted molar refractivity (Wildman–Crippen MR) is 57.1 cm³/mol. The van der Waals surface area contributed by atoms with Gasteiger partial charge in [0, 0.05) is 5.39 Å². The molecule has 2 rings (SSSR count). The average Bonchev–Trinajstić information content (AvgIpc) is 2.23. The molecular formula is C10H11N3O. The molecule has 0 fully saturated rings. The molecule has 0 spiro atoms. The number of anilines is 2. The van der Waals surface area contributed by atoms with E-state index < -0.39 is 0 Å². The van der Waals surface area contributed by atoms with Gasteiger partial charge >= 0.3 is 0 Å². The van der Waals surface area contributed by atoms with Crippen LogP contribution in [-0.4, -0.2) is 12.1 Å². The molecule has 1 aromatic carbocycles. The van der Waals surface area contributed by atoms with Crippen LogP contribution in [0.5, 0.6) is 5.75 Å². The Kier molecular flexibility index (Phi) is 1.89. The summed E-state index contributed by atoms with van der Waals surface area (Å²) >= 11 is 0. The molecule has 0 aliphatic carbocycles. The van der Waals surface area contributed by atoms with Crippen LogP contribution in [0, 0.1) is 0 Å². The van der Waals surface area contributed by atoms with E-state index in [1.807, 2.05) is 18.2 Å². The van der Waals surface area contributed by atoms with Crippen molar-refractivity contribution in [1.29, 1.82) is 0 Å². The average molecular weight is 189 g/mol. The Morgan fingerprint density at radius 1 is 1.29 bits per heavy atom. The van der Waals surface area contributed by atoms with Gasteiger partial charge in [-0.3, -0.25) is 0 Å². The molecule has 0 atom stereocenters. The molecule has 2 aromatic rings. The number of nitrogens with two attached hydrogens (primary N) is 2. The summed E-state index contributed by atoms with van der Waals surface area (Å²) in [6.07, 6.45) is 1.54. The van der Waals surface area contributed by atoms with Gasteiger partial charge < -0.3 is 16.2 Å². The van der Waals surface area contributed by atoms with Crippen molar-refractivity contribution < 1.29 is 4.74 Å². The number of benzene rings is 1. The first-order chi connectivity index (χ1) is 6.74. The smallest absolute Gasteiger partial charge is 0.131 e. The van der Waals surface area contributed by atoms with Gasteiger partial charge in [0.2, 0.25) is 0 Å². The third kappa shape index (κ3) is 1.12. The fourth-order valence-corrected chi connectivity index (χ4v) is 1.49. The van der Waals surface area contributed by atoms with E-state index in [4.69, 9.17) is 16.2 Å². The molecule has 0 bridgehead atoms. The number of aromatic nitrogens is 1. The van der Waals surface area contributed by atoms with Gasteiger partial charge in [0.25, 0.3) is 0 Å².